The van der Waals surface area contributed by atoms with Gasteiger partial charge in [0.1, 0.15) is 0 Å². The molecular formula is C20H24FN3O. The molecule has 2 aromatic carbocycles. The first kappa shape index (κ1) is 17.3. The zero-order valence-corrected chi connectivity index (χ0v) is 14.7. The minimum absolute atomic E-state index is 0.262. The van der Waals surface area contributed by atoms with Crippen molar-refractivity contribution >= 4 is 5.96 Å². The van der Waals surface area contributed by atoms with E-state index in [4.69, 9.17) is 4.74 Å². The number of guanidine groups is 1. The molecule has 132 valence electrons. The quantitative estimate of drug-likeness (QED) is 0.684. The monoisotopic (exact) mass is 341 g/mol. The molecule has 1 N–H and O–H groups in total. The molecule has 1 unspecified atom stereocenters. The molecule has 0 aliphatic carbocycles. The van der Waals surface area contributed by atoms with E-state index in [1.54, 1.807) is 13.1 Å². The summed E-state index contributed by atoms with van der Waals surface area (Å²) in [6, 6.07) is 15.6. The van der Waals surface area contributed by atoms with Crippen LogP contribution < -0.4 is 10.1 Å². The fraction of sp³-hybridized carbons (Fsp3) is 0.350. The maximum absolute atomic E-state index is 13.8. The molecule has 1 aliphatic heterocycles. The van der Waals surface area contributed by atoms with Gasteiger partial charge in [0.25, 0.3) is 0 Å². The number of hydrogen-bond acceptors (Lipinski definition) is 2. The van der Waals surface area contributed by atoms with E-state index in [0.717, 1.165) is 31.0 Å². The van der Waals surface area contributed by atoms with Gasteiger partial charge in [-0.3, -0.25) is 4.99 Å². The molecule has 5 heteroatoms. The number of methoxy groups -OCH3 is 1. The molecule has 1 aliphatic rings. The van der Waals surface area contributed by atoms with Crippen LogP contribution in [0.5, 0.6) is 5.75 Å². The Morgan fingerprint density at radius 3 is 2.76 bits per heavy atom. The Bertz CT molecular complexity index is 733. The smallest absolute Gasteiger partial charge is 0.193 e. The first-order chi connectivity index (χ1) is 12.2. The summed E-state index contributed by atoms with van der Waals surface area (Å²) in [6.45, 7) is 2.44. The van der Waals surface area contributed by atoms with Gasteiger partial charge in [-0.05, 0) is 29.7 Å². The highest BCUT2D eigenvalue weighted by molar-refractivity contribution is 5.80. The highest BCUT2D eigenvalue weighted by Crippen LogP contribution is 2.27. The van der Waals surface area contributed by atoms with Gasteiger partial charge in [-0.2, -0.15) is 0 Å². The molecular weight excluding hydrogens is 317 g/mol. The van der Waals surface area contributed by atoms with Crippen molar-refractivity contribution in [3.63, 3.8) is 0 Å². The third-order valence-corrected chi connectivity index (χ3v) is 4.64. The van der Waals surface area contributed by atoms with Gasteiger partial charge in [-0.1, -0.05) is 36.4 Å². The lowest BCUT2D eigenvalue weighted by atomic mass is 9.99. The minimum Gasteiger partial charge on any atom is -0.494 e. The van der Waals surface area contributed by atoms with Crippen LogP contribution in [0, 0.1) is 5.82 Å². The zero-order valence-electron chi connectivity index (χ0n) is 14.7. The number of likely N-dealkylation sites (tertiary alicyclic amines) is 1. The molecule has 0 radical (unpaired) electrons. The second-order valence-corrected chi connectivity index (χ2v) is 6.21. The third kappa shape index (κ3) is 4.10. The van der Waals surface area contributed by atoms with Crippen LogP contribution in [0.15, 0.2) is 53.5 Å². The Hall–Kier alpha value is -2.56. The van der Waals surface area contributed by atoms with Crippen LogP contribution in [-0.2, 0) is 6.54 Å². The summed E-state index contributed by atoms with van der Waals surface area (Å²) in [4.78, 5) is 6.64. The lowest BCUT2D eigenvalue weighted by Gasteiger charge is -2.22. The van der Waals surface area contributed by atoms with Gasteiger partial charge < -0.3 is 15.0 Å². The number of benzene rings is 2. The van der Waals surface area contributed by atoms with Crippen molar-refractivity contribution in [1.29, 1.82) is 0 Å². The highest BCUT2D eigenvalue weighted by atomic mass is 19.1. The largest absolute Gasteiger partial charge is 0.494 e. The molecule has 0 spiro atoms. The summed E-state index contributed by atoms with van der Waals surface area (Å²) in [5.41, 5.74) is 2.23. The van der Waals surface area contributed by atoms with Crippen molar-refractivity contribution in [2.45, 2.75) is 18.9 Å². The van der Waals surface area contributed by atoms with Crippen molar-refractivity contribution < 1.29 is 9.13 Å². The first-order valence-corrected chi connectivity index (χ1v) is 8.54. The van der Waals surface area contributed by atoms with Gasteiger partial charge in [-0.15, -0.1) is 0 Å². The lowest BCUT2D eigenvalue weighted by molar-refractivity contribution is 0.386. The lowest BCUT2D eigenvalue weighted by Crippen LogP contribution is -2.39. The van der Waals surface area contributed by atoms with Crippen LogP contribution in [0.1, 0.15) is 23.5 Å². The van der Waals surface area contributed by atoms with Gasteiger partial charge in [0.15, 0.2) is 17.5 Å². The average molecular weight is 341 g/mol. The second-order valence-electron chi connectivity index (χ2n) is 6.21. The number of rotatable bonds is 4. The van der Waals surface area contributed by atoms with Gasteiger partial charge in [0.2, 0.25) is 0 Å². The number of hydrogen-bond donors (Lipinski definition) is 1. The van der Waals surface area contributed by atoms with Crippen LogP contribution >= 0.6 is 0 Å². The first-order valence-electron chi connectivity index (χ1n) is 8.54. The summed E-state index contributed by atoms with van der Waals surface area (Å²) in [5, 5.41) is 3.33. The SMILES string of the molecule is CN=C(NCc1ccc(OC)c(F)c1)N1CCC(c2ccccc2)C1. The Labute approximate surface area is 148 Å². The molecule has 0 saturated carbocycles. The fourth-order valence-corrected chi connectivity index (χ4v) is 3.28. The van der Waals surface area contributed by atoms with E-state index in [2.05, 4.69) is 39.5 Å². The highest BCUT2D eigenvalue weighted by Gasteiger charge is 2.25. The summed E-state index contributed by atoms with van der Waals surface area (Å²) in [6.07, 6.45) is 1.11. The molecule has 2 aromatic rings. The topological polar surface area (TPSA) is 36.9 Å². The maximum atomic E-state index is 13.8. The number of aliphatic imine (C=N–C) groups is 1. The average Bonchev–Trinajstić information content (AvgIpc) is 3.13. The summed E-state index contributed by atoms with van der Waals surface area (Å²) in [7, 11) is 3.25. The molecule has 1 atom stereocenters. The Balaban J connectivity index is 1.59. The molecule has 1 saturated heterocycles. The molecule has 1 heterocycles. The molecule has 0 amide bonds. The summed E-state index contributed by atoms with van der Waals surface area (Å²) >= 11 is 0. The van der Waals surface area contributed by atoms with E-state index in [9.17, 15) is 4.39 Å². The number of nitrogens with one attached hydrogen (secondary N) is 1. The Morgan fingerprint density at radius 2 is 2.08 bits per heavy atom. The van der Waals surface area contributed by atoms with Crippen LogP contribution in [-0.4, -0.2) is 38.1 Å². The van der Waals surface area contributed by atoms with E-state index >= 15 is 0 Å². The third-order valence-electron chi connectivity index (χ3n) is 4.64. The summed E-state index contributed by atoms with van der Waals surface area (Å²) in [5.74, 6) is 1.30. The molecule has 4 nitrogen and oxygen atoms in total. The van der Waals surface area contributed by atoms with Crippen molar-refractivity contribution in [2.24, 2.45) is 4.99 Å². The maximum Gasteiger partial charge on any atom is 0.193 e. The minimum atomic E-state index is -0.345. The van der Waals surface area contributed by atoms with E-state index in [0.29, 0.717) is 12.5 Å². The van der Waals surface area contributed by atoms with Gasteiger partial charge in [0.05, 0.1) is 7.11 Å². The van der Waals surface area contributed by atoms with Crippen LogP contribution in [0.4, 0.5) is 4.39 Å². The predicted molar refractivity (Wildman–Crippen MR) is 98.5 cm³/mol. The van der Waals surface area contributed by atoms with Crippen molar-refractivity contribution in [3.05, 3.63) is 65.5 Å². The van der Waals surface area contributed by atoms with E-state index < -0.39 is 0 Å². The normalized spacial score (nSPS) is 17.6. The Kier molecular flexibility index (Phi) is 5.53. The van der Waals surface area contributed by atoms with Crippen LogP contribution in [0.2, 0.25) is 0 Å². The molecule has 1 fully saturated rings. The van der Waals surface area contributed by atoms with Crippen molar-refractivity contribution in [3.8, 4) is 5.75 Å². The number of halogens is 1. The molecule has 0 bridgehead atoms. The second kappa shape index (κ2) is 8.01. The van der Waals surface area contributed by atoms with E-state index in [1.165, 1.54) is 18.7 Å². The van der Waals surface area contributed by atoms with Crippen molar-refractivity contribution in [1.82, 2.24) is 10.2 Å². The van der Waals surface area contributed by atoms with E-state index in [-0.39, 0.29) is 11.6 Å². The predicted octanol–water partition coefficient (Wildman–Crippen LogP) is 3.40. The van der Waals surface area contributed by atoms with Crippen LogP contribution in [0.3, 0.4) is 0 Å². The van der Waals surface area contributed by atoms with Crippen molar-refractivity contribution in [2.75, 3.05) is 27.2 Å². The molecule has 25 heavy (non-hydrogen) atoms. The van der Waals surface area contributed by atoms with Crippen LogP contribution in [0.25, 0.3) is 0 Å². The number of nitrogens with zero attached hydrogens (tertiary/aromatic N) is 2. The standard InChI is InChI=1S/C20H24FN3O/c1-22-20(23-13-15-8-9-19(25-2)18(21)12-15)24-11-10-17(14-24)16-6-4-3-5-7-16/h3-9,12,17H,10-11,13-14H2,1-2H3,(H,22,23). The van der Waals surface area contributed by atoms with E-state index in [1.807, 2.05) is 12.1 Å². The molecule has 3 rings (SSSR count). The van der Waals surface area contributed by atoms with Gasteiger partial charge in [0, 0.05) is 32.6 Å². The van der Waals surface area contributed by atoms with Gasteiger partial charge in [-0.25, -0.2) is 4.39 Å². The summed E-state index contributed by atoms with van der Waals surface area (Å²) < 4.78 is 18.8. The van der Waals surface area contributed by atoms with Gasteiger partial charge >= 0.3 is 0 Å². The fourth-order valence-electron chi connectivity index (χ4n) is 3.28. The zero-order chi connectivity index (χ0) is 17.6. The Morgan fingerprint density at radius 1 is 1.28 bits per heavy atom. The molecule has 0 aromatic heterocycles. The number of ether oxygens (including phenoxy) is 1.